The number of phosphoric acid groups is 1. The standard InChI is InChI=1S/C45H81O13P/c1-3-5-7-9-11-13-15-17-19-21-23-25-27-29-31-33-38(46)55-35-37(36-56-59(53,54)58-45-43(51)41(49)40(48)42(50)44(45)52)57-39(47)34-32-30-28-26-24-22-20-18-16-14-12-10-8-6-4-2/h12-15,18,20,37,40-45,48-52H,3-11,16-17,19,21-36H2,1-2H3,(H,53,54)/b14-12+,15-13+,20-18+/t37-,40?,41-,42?,43?,44?,45?/m1/s1. The minimum Gasteiger partial charge on any atom is -0.462 e. The molecule has 0 amide bonds. The van der Waals surface area contributed by atoms with Crippen molar-refractivity contribution in [3.8, 4) is 0 Å². The first-order chi connectivity index (χ1) is 28.4. The highest BCUT2D eigenvalue weighted by Crippen LogP contribution is 2.47. The first-order valence-electron chi connectivity index (χ1n) is 22.8. The van der Waals surface area contributed by atoms with Gasteiger partial charge in [-0.1, -0.05) is 134 Å². The van der Waals surface area contributed by atoms with E-state index in [4.69, 9.17) is 18.5 Å². The molecule has 1 fully saturated rings. The summed E-state index contributed by atoms with van der Waals surface area (Å²) in [5.74, 6) is -1.12. The van der Waals surface area contributed by atoms with Gasteiger partial charge in [-0.05, 0) is 70.6 Å². The van der Waals surface area contributed by atoms with E-state index in [0.29, 0.717) is 12.8 Å². The quantitative estimate of drug-likeness (QED) is 0.0150. The highest BCUT2D eigenvalue weighted by Gasteiger charge is 2.51. The van der Waals surface area contributed by atoms with Crippen LogP contribution in [0, 0.1) is 0 Å². The van der Waals surface area contributed by atoms with Crippen LogP contribution in [0.25, 0.3) is 0 Å². The van der Waals surface area contributed by atoms with Crippen LogP contribution in [-0.2, 0) is 32.7 Å². The SMILES string of the molecule is CCCCC/C=C/C/C=C/CCCCCCCC(=O)O[C@H](COC(=O)CCCCCCCCC/C=C/CCCCCC)COP(=O)(O)OC1C(O)C(O)C(O)[C@@H](O)C1O. The van der Waals surface area contributed by atoms with Gasteiger partial charge in [-0.3, -0.25) is 18.6 Å². The zero-order chi connectivity index (χ0) is 43.6. The Bertz CT molecular complexity index is 1180. The summed E-state index contributed by atoms with van der Waals surface area (Å²) in [5, 5.41) is 50.1. The summed E-state index contributed by atoms with van der Waals surface area (Å²) >= 11 is 0. The van der Waals surface area contributed by atoms with E-state index < -0.39 is 75.7 Å². The lowest BCUT2D eigenvalue weighted by Crippen LogP contribution is -2.64. The Morgan fingerprint density at radius 1 is 0.525 bits per heavy atom. The van der Waals surface area contributed by atoms with E-state index >= 15 is 0 Å². The molecular formula is C45H81O13P. The maximum absolute atomic E-state index is 12.8. The van der Waals surface area contributed by atoms with E-state index in [2.05, 4.69) is 50.3 Å². The number of hydrogen-bond acceptors (Lipinski definition) is 12. The zero-order valence-corrected chi connectivity index (χ0v) is 37.2. The topological polar surface area (TPSA) is 210 Å². The van der Waals surface area contributed by atoms with Gasteiger partial charge in [0.15, 0.2) is 6.10 Å². The van der Waals surface area contributed by atoms with Crippen LogP contribution in [0.15, 0.2) is 36.5 Å². The lowest BCUT2D eigenvalue weighted by molar-refractivity contribution is -0.220. The number of ether oxygens (including phenoxy) is 2. The minimum absolute atomic E-state index is 0.0800. The third kappa shape index (κ3) is 28.3. The molecule has 8 atom stereocenters. The third-order valence-corrected chi connectivity index (χ3v) is 11.4. The Hall–Kier alpha value is -1.93. The summed E-state index contributed by atoms with van der Waals surface area (Å²) in [6.45, 7) is 3.24. The monoisotopic (exact) mass is 861 g/mol. The van der Waals surface area contributed by atoms with Gasteiger partial charge in [0, 0.05) is 12.8 Å². The molecule has 0 heterocycles. The summed E-state index contributed by atoms with van der Waals surface area (Å²) in [5.41, 5.74) is 0. The molecule has 0 aromatic rings. The number of carbonyl (C=O) groups is 2. The molecule has 0 radical (unpaired) electrons. The molecule has 1 saturated carbocycles. The van der Waals surface area contributed by atoms with Crippen LogP contribution in [0.5, 0.6) is 0 Å². The van der Waals surface area contributed by atoms with Crippen molar-refractivity contribution in [2.45, 2.75) is 224 Å². The second-order valence-corrected chi connectivity index (χ2v) is 17.3. The summed E-state index contributed by atoms with van der Waals surface area (Å²) in [6, 6.07) is 0. The largest absolute Gasteiger partial charge is 0.472 e. The fourth-order valence-electron chi connectivity index (χ4n) is 6.72. The van der Waals surface area contributed by atoms with Crippen molar-refractivity contribution in [1.29, 1.82) is 0 Å². The molecule has 0 spiro atoms. The van der Waals surface area contributed by atoms with Crippen molar-refractivity contribution in [2.24, 2.45) is 0 Å². The number of rotatable bonds is 37. The van der Waals surface area contributed by atoms with Gasteiger partial charge in [-0.25, -0.2) is 4.57 Å². The van der Waals surface area contributed by atoms with E-state index in [-0.39, 0.29) is 12.8 Å². The van der Waals surface area contributed by atoms with E-state index in [9.17, 15) is 44.6 Å². The molecule has 13 nitrogen and oxygen atoms in total. The number of aliphatic hydroxyl groups excluding tert-OH is 5. The molecule has 6 N–H and O–H groups in total. The predicted octanol–water partition coefficient (Wildman–Crippen LogP) is 8.61. The summed E-state index contributed by atoms with van der Waals surface area (Å²) in [6.07, 6.45) is 26.2. The van der Waals surface area contributed by atoms with Crippen LogP contribution in [0.1, 0.15) is 181 Å². The van der Waals surface area contributed by atoms with Crippen molar-refractivity contribution in [3.63, 3.8) is 0 Å². The van der Waals surface area contributed by atoms with Gasteiger partial charge in [-0.15, -0.1) is 0 Å². The molecule has 1 aliphatic rings. The Kier molecular flexibility index (Phi) is 33.3. The van der Waals surface area contributed by atoms with E-state index in [1.165, 1.54) is 64.2 Å². The number of hydrogen-bond donors (Lipinski definition) is 6. The molecule has 0 aromatic carbocycles. The van der Waals surface area contributed by atoms with E-state index in [1.54, 1.807) is 0 Å². The molecule has 1 aliphatic carbocycles. The van der Waals surface area contributed by atoms with Crippen LogP contribution < -0.4 is 0 Å². The average Bonchev–Trinajstić information content (AvgIpc) is 3.21. The van der Waals surface area contributed by atoms with Crippen LogP contribution in [0.4, 0.5) is 0 Å². The lowest BCUT2D eigenvalue weighted by atomic mass is 9.85. The number of aliphatic hydroxyl groups is 5. The molecule has 344 valence electrons. The van der Waals surface area contributed by atoms with E-state index in [0.717, 1.165) is 77.0 Å². The Balaban J connectivity index is 2.48. The Morgan fingerprint density at radius 3 is 1.42 bits per heavy atom. The summed E-state index contributed by atoms with van der Waals surface area (Å²) < 4.78 is 33.5. The molecule has 1 rings (SSSR count). The molecule has 0 aromatic heterocycles. The van der Waals surface area contributed by atoms with Crippen molar-refractivity contribution < 1.29 is 63.1 Å². The Labute approximate surface area is 355 Å². The second-order valence-electron chi connectivity index (χ2n) is 15.9. The minimum atomic E-state index is -5.12. The number of allylic oxidation sites excluding steroid dienone is 6. The van der Waals surface area contributed by atoms with Gasteiger partial charge in [-0.2, -0.15) is 0 Å². The zero-order valence-electron chi connectivity index (χ0n) is 36.3. The second kappa shape index (κ2) is 35.6. The van der Waals surface area contributed by atoms with Gasteiger partial charge in [0.05, 0.1) is 6.61 Å². The smallest absolute Gasteiger partial charge is 0.462 e. The van der Waals surface area contributed by atoms with Crippen molar-refractivity contribution in [2.75, 3.05) is 13.2 Å². The van der Waals surface area contributed by atoms with Crippen molar-refractivity contribution in [3.05, 3.63) is 36.5 Å². The molecular weight excluding hydrogens is 779 g/mol. The number of carbonyl (C=O) groups excluding carboxylic acids is 2. The van der Waals surface area contributed by atoms with Gasteiger partial charge in [0.1, 0.15) is 43.2 Å². The van der Waals surface area contributed by atoms with Crippen LogP contribution >= 0.6 is 7.82 Å². The van der Waals surface area contributed by atoms with E-state index in [1.807, 2.05) is 0 Å². The normalized spacial score (nSPS) is 22.6. The maximum atomic E-state index is 12.8. The molecule has 6 unspecified atom stereocenters. The molecule has 0 aliphatic heterocycles. The number of phosphoric ester groups is 1. The number of esters is 2. The van der Waals surface area contributed by atoms with Gasteiger partial charge in [0.25, 0.3) is 0 Å². The fraction of sp³-hybridized carbons (Fsp3) is 0.822. The van der Waals surface area contributed by atoms with Crippen LogP contribution in [-0.4, -0.2) is 98.3 Å². The van der Waals surface area contributed by atoms with Crippen molar-refractivity contribution >= 4 is 19.8 Å². The highest BCUT2D eigenvalue weighted by atomic mass is 31.2. The first-order valence-corrected chi connectivity index (χ1v) is 24.3. The molecule has 14 heteroatoms. The highest BCUT2D eigenvalue weighted by molar-refractivity contribution is 7.47. The summed E-state index contributed by atoms with van der Waals surface area (Å²) in [4.78, 5) is 35.7. The third-order valence-electron chi connectivity index (χ3n) is 10.5. The van der Waals surface area contributed by atoms with Gasteiger partial charge in [0.2, 0.25) is 0 Å². The van der Waals surface area contributed by atoms with Crippen molar-refractivity contribution in [1.82, 2.24) is 0 Å². The van der Waals surface area contributed by atoms with Crippen LogP contribution in [0.2, 0.25) is 0 Å². The van der Waals surface area contributed by atoms with Gasteiger partial charge >= 0.3 is 19.8 Å². The fourth-order valence-corrected chi connectivity index (χ4v) is 7.70. The maximum Gasteiger partial charge on any atom is 0.472 e. The molecule has 0 bridgehead atoms. The number of unbranched alkanes of at least 4 members (excludes halogenated alkanes) is 19. The first kappa shape index (κ1) is 55.1. The molecule has 0 saturated heterocycles. The lowest BCUT2D eigenvalue weighted by Gasteiger charge is -2.41. The summed E-state index contributed by atoms with van der Waals surface area (Å²) in [7, 11) is -5.12. The van der Waals surface area contributed by atoms with Gasteiger partial charge < -0.3 is 39.9 Å². The average molecular weight is 861 g/mol. The molecule has 59 heavy (non-hydrogen) atoms. The Morgan fingerprint density at radius 2 is 0.915 bits per heavy atom. The van der Waals surface area contributed by atoms with Crippen LogP contribution in [0.3, 0.4) is 0 Å². The predicted molar refractivity (Wildman–Crippen MR) is 230 cm³/mol.